The molecule has 0 saturated heterocycles. The molecule has 1 aliphatic rings. The average Bonchev–Trinajstić information content (AvgIpc) is 2.73. The zero-order chi connectivity index (χ0) is 13.7. The largest absolute Gasteiger partial charge is 0.481 e. The van der Waals surface area contributed by atoms with Crippen molar-refractivity contribution in [2.75, 3.05) is 5.32 Å². The Morgan fingerprint density at radius 1 is 1.26 bits per heavy atom. The molecular formula is C14H19NO3S. The molecule has 19 heavy (non-hydrogen) atoms. The molecule has 0 unspecified atom stereocenters. The molecule has 2 rings (SSSR count). The lowest BCUT2D eigenvalue weighted by Crippen LogP contribution is -2.35. The van der Waals surface area contributed by atoms with E-state index < -0.39 is 11.4 Å². The molecule has 0 atom stereocenters. The van der Waals surface area contributed by atoms with Crippen molar-refractivity contribution in [1.29, 1.82) is 0 Å². The van der Waals surface area contributed by atoms with E-state index in [2.05, 4.69) is 5.32 Å². The molecule has 1 aromatic rings. The highest BCUT2D eigenvalue weighted by Gasteiger charge is 2.40. The van der Waals surface area contributed by atoms with Crippen LogP contribution in [0.25, 0.3) is 0 Å². The first-order valence-corrected chi connectivity index (χ1v) is 7.62. The first-order valence-electron chi connectivity index (χ1n) is 6.68. The van der Waals surface area contributed by atoms with Crippen LogP contribution in [0.2, 0.25) is 0 Å². The Hall–Kier alpha value is -1.36. The Balaban J connectivity index is 2.03. The highest BCUT2D eigenvalue weighted by atomic mass is 32.1. The van der Waals surface area contributed by atoms with E-state index in [0.29, 0.717) is 12.8 Å². The summed E-state index contributed by atoms with van der Waals surface area (Å²) in [6.45, 7) is 0. The average molecular weight is 281 g/mol. The van der Waals surface area contributed by atoms with Crippen LogP contribution >= 0.6 is 11.3 Å². The monoisotopic (exact) mass is 281 g/mol. The lowest BCUT2D eigenvalue weighted by Gasteiger charge is -2.27. The van der Waals surface area contributed by atoms with E-state index in [-0.39, 0.29) is 12.3 Å². The number of aliphatic carboxylic acids is 1. The Morgan fingerprint density at radius 3 is 2.47 bits per heavy atom. The fourth-order valence-corrected chi connectivity index (χ4v) is 3.31. The van der Waals surface area contributed by atoms with Crippen molar-refractivity contribution in [3.8, 4) is 0 Å². The van der Waals surface area contributed by atoms with Crippen molar-refractivity contribution in [3.63, 3.8) is 0 Å². The zero-order valence-corrected chi connectivity index (χ0v) is 11.7. The van der Waals surface area contributed by atoms with Crippen LogP contribution in [0.15, 0.2) is 16.8 Å². The van der Waals surface area contributed by atoms with Gasteiger partial charge in [-0.05, 0) is 24.3 Å². The molecule has 1 aromatic heterocycles. The van der Waals surface area contributed by atoms with Gasteiger partial charge in [0, 0.05) is 11.8 Å². The maximum absolute atomic E-state index is 12.0. The SMILES string of the molecule is O=C(CC1(C(=O)O)CCCCCC1)Nc1ccsc1. The van der Waals surface area contributed by atoms with E-state index in [1.807, 2.05) is 16.8 Å². The fourth-order valence-electron chi connectivity index (χ4n) is 2.72. The normalized spacial score (nSPS) is 18.5. The van der Waals surface area contributed by atoms with Crippen LogP contribution in [0, 0.1) is 5.41 Å². The summed E-state index contributed by atoms with van der Waals surface area (Å²) >= 11 is 1.51. The third kappa shape index (κ3) is 3.56. The summed E-state index contributed by atoms with van der Waals surface area (Å²) in [6, 6.07) is 1.82. The van der Waals surface area contributed by atoms with Crippen LogP contribution in [0.3, 0.4) is 0 Å². The zero-order valence-electron chi connectivity index (χ0n) is 10.9. The number of hydrogen-bond donors (Lipinski definition) is 2. The molecule has 0 aliphatic heterocycles. The molecule has 1 saturated carbocycles. The first kappa shape index (κ1) is 14.1. The van der Waals surface area contributed by atoms with Crippen LogP contribution in [-0.2, 0) is 9.59 Å². The first-order chi connectivity index (χ1) is 9.12. The van der Waals surface area contributed by atoms with Crippen molar-refractivity contribution < 1.29 is 14.7 Å². The minimum Gasteiger partial charge on any atom is -0.481 e. The number of thiophene rings is 1. The van der Waals surface area contributed by atoms with Crippen LogP contribution in [0.5, 0.6) is 0 Å². The summed E-state index contributed by atoms with van der Waals surface area (Å²) in [7, 11) is 0. The molecule has 1 aliphatic carbocycles. The number of hydrogen-bond acceptors (Lipinski definition) is 3. The van der Waals surface area contributed by atoms with Gasteiger partial charge in [0.25, 0.3) is 0 Å². The fraction of sp³-hybridized carbons (Fsp3) is 0.571. The standard InChI is InChI=1S/C14H19NO3S/c16-12(15-11-5-8-19-10-11)9-14(13(17)18)6-3-1-2-4-7-14/h5,8,10H,1-4,6-7,9H2,(H,15,16)(H,17,18). The molecule has 2 N–H and O–H groups in total. The van der Waals surface area contributed by atoms with E-state index in [1.54, 1.807) is 0 Å². The smallest absolute Gasteiger partial charge is 0.310 e. The second kappa shape index (κ2) is 6.19. The lowest BCUT2D eigenvalue weighted by molar-refractivity contribution is -0.152. The molecule has 5 heteroatoms. The van der Waals surface area contributed by atoms with E-state index in [4.69, 9.17) is 0 Å². The van der Waals surface area contributed by atoms with Crippen molar-refractivity contribution >= 4 is 28.9 Å². The highest BCUT2D eigenvalue weighted by Crippen LogP contribution is 2.38. The third-order valence-corrected chi connectivity index (χ3v) is 4.50. The summed E-state index contributed by atoms with van der Waals surface area (Å²) in [6.07, 6.45) is 5.25. The summed E-state index contributed by atoms with van der Waals surface area (Å²) in [4.78, 5) is 23.6. The van der Waals surface area contributed by atoms with Gasteiger partial charge in [-0.15, -0.1) is 0 Å². The van der Waals surface area contributed by atoms with Gasteiger partial charge in [0.2, 0.25) is 5.91 Å². The van der Waals surface area contributed by atoms with E-state index in [9.17, 15) is 14.7 Å². The number of carboxylic acid groups (broad SMARTS) is 1. The van der Waals surface area contributed by atoms with Gasteiger partial charge >= 0.3 is 5.97 Å². The van der Waals surface area contributed by atoms with Crippen LogP contribution in [0.1, 0.15) is 44.9 Å². The Morgan fingerprint density at radius 2 is 1.95 bits per heavy atom. The van der Waals surface area contributed by atoms with Crippen LogP contribution < -0.4 is 5.32 Å². The number of carboxylic acids is 1. The number of rotatable bonds is 4. The predicted molar refractivity (Wildman–Crippen MR) is 75.3 cm³/mol. The van der Waals surface area contributed by atoms with Crippen LogP contribution in [-0.4, -0.2) is 17.0 Å². The third-order valence-electron chi connectivity index (χ3n) is 3.82. The van der Waals surface area contributed by atoms with Crippen molar-refractivity contribution in [2.24, 2.45) is 5.41 Å². The molecular weight excluding hydrogens is 262 g/mol. The van der Waals surface area contributed by atoms with Gasteiger partial charge in [0.15, 0.2) is 0 Å². The second-order valence-corrected chi connectivity index (χ2v) is 6.02. The lowest BCUT2D eigenvalue weighted by atomic mass is 9.77. The number of carbonyl (C=O) groups excluding carboxylic acids is 1. The van der Waals surface area contributed by atoms with Gasteiger partial charge in [0.05, 0.1) is 11.1 Å². The minimum absolute atomic E-state index is 0.0815. The number of carbonyl (C=O) groups is 2. The van der Waals surface area contributed by atoms with Gasteiger partial charge in [0.1, 0.15) is 0 Å². The molecule has 0 aromatic carbocycles. The maximum atomic E-state index is 12.0. The minimum atomic E-state index is -0.864. The van der Waals surface area contributed by atoms with E-state index in [1.165, 1.54) is 11.3 Å². The van der Waals surface area contributed by atoms with Gasteiger partial charge in [-0.1, -0.05) is 25.7 Å². The molecule has 0 spiro atoms. The van der Waals surface area contributed by atoms with Gasteiger partial charge in [-0.2, -0.15) is 11.3 Å². The Bertz CT molecular complexity index is 434. The number of amides is 1. The topological polar surface area (TPSA) is 66.4 Å². The molecule has 104 valence electrons. The van der Waals surface area contributed by atoms with Crippen molar-refractivity contribution in [3.05, 3.63) is 16.8 Å². The van der Waals surface area contributed by atoms with Crippen LogP contribution in [0.4, 0.5) is 5.69 Å². The van der Waals surface area contributed by atoms with Gasteiger partial charge < -0.3 is 10.4 Å². The number of anilines is 1. The van der Waals surface area contributed by atoms with Gasteiger partial charge in [-0.25, -0.2) is 0 Å². The summed E-state index contributed by atoms with van der Waals surface area (Å²) in [5.41, 5.74) is -0.111. The molecule has 0 radical (unpaired) electrons. The predicted octanol–water partition coefficient (Wildman–Crippen LogP) is 3.50. The molecule has 1 amide bonds. The summed E-state index contributed by atoms with van der Waals surface area (Å²) in [5.74, 6) is -1.02. The van der Waals surface area contributed by atoms with E-state index in [0.717, 1.165) is 31.4 Å². The Kier molecular flexibility index (Phi) is 4.58. The molecule has 1 heterocycles. The van der Waals surface area contributed by atoms with E-state index >= 15 is 0 Å². The van der Waals surface area contributed by atoms with Gasteiger partial charge in [-0.3, -0.25) is 9.59 Å². The molecule has 1 fully saturated rings. The summed E-state index contributed by atoms with van der Waals surface area (Å²) in [5, 5.41) is 16.0. The molecule has 4 nitrogen and oxygen atoms in total. The highest BCUT2D eigenvalue weighted by molar-refractivity contribution is 7.08. The second-order valence-electron chi connectivity index (χ2n) is 5.24. The maximum Gasteiger partial charge on any atom is 0.310 e. The van der Waals surface area contributed by atoms with Crippen molar-refractivity contribution in [1.82, 2.24) is 0 Å². The Labute approximate surface area is 116 Å². The van der Waals surface area contributed by atoms with Crippen molar-refractivity contribution in [2.45, 2.75) is 44.9 Å². The summed E-state index contributed by atoms with van der Waals surface area (Å²) < 4.78 is 0. The number of nitrogens with one attached hydrogen (secondary N) is 1. The molecule has 0 bridgehead atoms. The quantitative estimate of drug-likeness (QED) is 0.830.